The number of pyridine rings is 1. The minimum absolute atomic E-state index is 0.0997. The lowest BCUT2D eigenvalue weighted by Gasteiger charge is -2.27. The van der Waals surface area contributed by atoms with Gasteiger partial charge in [-0.3, -0.25) is 19.2 Å². The molecule has 0 aliphatic carbocycles. The highest BCUT2D eigenvalue weighted by atomic mass is 32.1. The molecule has 4 heterocycles. The first-order valence-corrected chi connectivity index (χ1v) is 13.4. The number of fused-ring (bicyclic) bond motifs is 2. The molecular formula is C28H29N5O3S. The summed E-state index contributed by atoms with van der Waals surface area (Å²) in [5.74, 6) is 0. The third kappa shape index (κ3) is 4.43. The maximum absolute atomic E-state index is 14.0. The molecule has 1 aliphatic heterocycles. The van der Waals surface area contributed by atoms with Crippen molar-refractivity contribution in [1.29, 1.82) is 0 Å². The average Bonchev–Trinajstić information content (AvgIpc) is 3.44. The van der Waals surface area contributed by atoms with Crippen molar-refractivity contribution in [2.75, 3.05) is 32.8 Å². The average molecular weight is 516 g/mol. The number of rotatable bonds is 6. The zero-order chi connectivity index (χ0) is 25.5. The Labute approximate surface area is 217 Å². The van der Waals surface area contributed by atoms with E-state index in [-0.39, 0.29) is 11.1 Å². The predicted molar refractivity (Wildman–Crippen MR) is 147 cm³/mol. The van der Waals surface area contributed by atoms with Gasteiger partial charge in [-0.1, -0.05) is 53.3 Å². The molecule has 0 spiro atoms. The van der Waals surface area contributed by atoms with Crippen LogP contribution in [0.5, 0.6) is 0 Å². The van der Waals surface area contributed by atoms with Crippen molar-refractivity contribution in [2.45, 2.75) is 26.9 Å². The molecule has 0 radical (unpaired) electrons. The van der Waals surface area contributed by atoms with Gasteiger partial charge in [0.25, 0.3) is 11.1 Å². The van der Waals surface area contributed by atoms with E-state index in [9.17, 15) is 9.59 Å². The van der Waals surface area contributed by atoms with Gasteiger partial charge in [0, 0.05) is 37.9 Å². The second-order valence-corrected chi connectivity index (χ2v) is 10.6. The van der Waals surface area contributed by atoms with Crippen LogP contribution in [0.4, 0.5) is 0 Å². The summed E-state index contributed by atoms with van der Waals surface area (Å²) in [5, 5.41) is 1.16. The van der Waals surface area contributed by atoms with Crippen molar-refractivity contribution in [1.82, 2.24) is 23.8 Å². The smallest absolute Gasteiger partial charge is 0.283 e. The van der Waals surface area contributed by atoms with Gasteiger partial charge in [-0.25, -0.2) is 4.98 Å². The Hall–Kier alpha value is -3.53. The molecule has 0 unspecified atom stereocenters. The molecule has 8 nitrogen and oxygen atoms in total. The fourth-order valence-corrected chi connectivity index (χ4v) is 6.02. The van der Waals surface area contributed by atoms with Gasteiger partial charge in [0.15, 0.2) is 0 Å². The summed E-state index contributed by atoms with van der Waals surface area (Å²) < 4.78 is 11.7. The molecule has 0 bridgehead atoms. The Kier molecular flexibility index (Phi) is 6.27. The summed E-state index contributed by atoms with van der Waals surface area (Å²) >= 11 is 1.48. The number of hydrogen-bond donors (Lipinski definition) is 0. The largest absolute Gasteiger partial charge is 0.379 e. The number of benzene rings is 2. The lowest BCUT2D eigenvalue weighted by Crippen LogP contribution is -2.39. The zero-order valence-electron chi connectivity index (χ0n) is 21.0. The van der Waals surface area contributed by atoms with Crippen LogP contribution in [-0.4, -0.2) is 56.7 Å². The molecule has 9 heteroatoms. The summed E-state index contributed by atoms with van der Waals surface area (Å²) in [6, 6.07) is 17.7. The van der Waals surface area contributed by atoms with Gasteiger partial charge in [-0.2, -0.15) is 4.68 Å². The monoisotopic (exact) mass is 515 g/mol. The molecule has 37 heavy (non-hydrogen) atoms. The summed E-state index contributed by atoms with van der Waals surface area (Å²) in [7, 11) is 0. The Morgan fingerprint density at radius 1 is 0.973 bits per heavy atom. The lowest BCUT2D eigenvalue weighted by atomic mass is 10.1. The molecule has 0 saturated carbocycles. The standard InChI is InChI=1S/C28H29N5O3S/c1-19-7-9-21(10-8-19)18-32-23-17-25(34)31(12-11-30-13-15-36-16-14-30)20(2)26(23)27(35)33(32)28-29-22-5-3-4-6-24(22)37-28/h3-10,17H,11-16,18H2,1-2H3. The first-order chi connectivity index (χ1) is 18.0. The van der Waals surface area contributed by atoms with Crippen LogP contribution in [0.1, 0.15) is 16.8 Å². The van der Waals surface area contributed by atoms with Crippen molar-refractivity contribution >= 4 is 32.5 Å². The van der Waals surface area contributed by atoms with Crippen LogP contribution in [0.2, 0.25) is 0 Å². The van der Waals surface area contributed by atoms with Gasteiger partial charge in [-0.05, 0) is 31.5 Å². The number of para-hydroxylation sites is 1. The number of morpholine rings is 1. The number of nitrogens with zero attached hydrogens (tertiary/aromatic N) is 5. The van der Waals surface area contributed by atoms with Crippen LogP contribution in [0, 0.1) is 13.8 Å². The number of hydrogen-bond acceptors (Lipinski definition) is 6. The van der Waals surface area contributed by atoms with Crippen molar-refractivity contribution in [3.8, 4) is 5.13 Å². The van der Waals surface area contributed by atoms with E-state index in [0.717, 1.165) is 35.4 Å². The van der Waals surface area contributed by atoms with Gasteiger partial charge in [0.1, 0.15) is 0 Å². The first kappa shape index (κ1) is 23.8. The fraction of sp³-hybridized carbons (Fsp3) is 0.321. The maximum Gasteiger partial charge on any atom is 0.283 e. The zero-order valence-corrected chi connectivity index (χ0v) is 21.8. The lowest BCUT2D eigenvalue weighted by molar-refractivity contribution is 0.0362. The summed E-state index contributed by atoms with van der Waals surface area (Å²) in [6.07, 6.45) is 0. The van der Waals surface area contributed by atoms with Gasteiger partial charge in [-0.15, -0.1) is 0 Å². The van der Waals surface area contributed by atoms with Crippen LogP contribution in [0.15, 0.2) is 64.2 Å². The Morgan fingerprint density at radius 2 is 1.73 bits per heavy atom. The third-order valence-electron chi connectivity index (χ3n) is 7.14. The predicted octanol–water partition coefficient (Wildman–Crippen LogP) is 3.56. The molecule has 3 aromatic heterocycles. The first-order valence-electron chi connectivity index (χ1n) is 12.6. The summed E-state index contributed by atoms with van der Waals surface area (Å²) in [4.78, 5) is 34.5. The van der Waals surface area contributed by atoms with Crippen molar-refractivity contribution in [3.05, 3.63) is 92.1 Å². The maximum atomic E-state index is 14.0. The second kappa shape index (κ2) is 9.74. The number of aromatic nitrogens is 4. The highest BCUT2D eigenvalue weighted by Crippen LogP contribution is 2.26. The molecule has 1 aliphatic rings. The van der Waals surface area contributed by atoms with E-state index < -0.39 is 0 Å². The number of thiazole rings is 1. The molecule has 1 saturated heterocycles. The van der Waals surface area contributed by atoms with Crippen molar-refractivity contribution in [2.24, 2.45) is 0 Å². The van der Waals surface area contributed by atoms with E-state index in [2.05, 4.69) is 36.1 Å². The molecule has 1 fully saturated rings. The molecule has 6 rings (SSSR count). The van der Waals surface area contributed by atoms with E-state index in [4.69, 9.17) is 9.72 Å². The number of aryl methyl sites for hydroxylation is 2. The summed E-state index contributed by atoms with van der Waals surface area (Å²) in [5.41, 5.74) is 4.14. The minimum Gasteiger partial charge on any atom is -0.379 e. The second-order valence-electron chi connectivity index (χ2n) is 9.56. The van der Waals surface area contributed by atoms with Crippen LogP contribution >= 0.6 is 11.3 Å². The SMILES string of the molecule is Cc1ccc(Cn2c3cc(=O)n(CCN4CCOCC4)c(C)c3c(=O)n2-c2nc3ccccc3s2)cc1. The molecule has 2 aromatic carbocycles. The van der Waals surface area contributed by atoms with Crippen molar-refractivity contribution in [3.63, 3.8) is 0 Å². The highest BCUT2D eigenvalue weighted by Gasteiger charge is 2.22. The molecule has 0 atom stereocenters. The highest BCUT2D eigenvalue weighted by molar-refractivity contribution is 7.20. The normalized spacial score (nSPS) is 14.6. The quantitative estimate of drug-likeness (QED) is 0.346. The fourth-order valence-electron chi connectivity index (χ4n) is 5.05. The number of ether oxygens (including phenoxy) is 1. The van der Waals surface area contributed by atoms with Crippen molar-refractivity contribution < 1.29 is 4.74 Å². The van der Waals surface area contributed by atoms with Gasteiger partial charge >= 0.3 is 0 Å². The van der Waals surface area contributed by atoms with E-state index in [0.29, 0.717) is 48.0 Å². The molecule has 190 valence electrons. The molecular weight excluding hydrogens is 486 g/mol. The molecule has 0 amide bonds. The minimum atomic E-state index is -0.154. The van der Waals surface area contributed by atoms with Gasteiger partial charge < -0.3 is 9.30 Å². The Morgan fingerprint density at radius 3 is 2.49 bits per heavy atom. The summed E-state index contributed by atoms with van der Waals surface area (Å²) in [6.45, 7) is 8.78. The Bertz CT molecular complexity index is 1670. The van der Waals surface area contributed by atoms with Crippen LogP contribution in [0.3, 0.4) is 0 Å². The Balaban J connectivity index is 1.51. The topological polar surface area (TPSA) is 74.3 Å². The van der Waals surface area contributed by atoms with E-state index in [1.54, 1.807) is 15.3 Å². The van der Waals surface area contributed by atoms with E-state index >= 15 is 0 Å². The van der Waals surface area contributed by atoms with Gasteiger partial charge in [0.05, 0.1) is 40.9 Å². The van der Waals surface area contributed by atoms with E-state index in [1.165, 1.54) is 16.9 Å². The van der Waals surface area contributed by atoms with Crippen LogP contribution < -0.4 is 11.1 Å². The molecule has 0 N–H and O–H groups in total. The molecule has 5 aromatic rings. The van der Waals surface area contributed by atoms with Crippen LogP contribution in [-0.2, 0) is 17.8 Å². The van der Waals surface area contributed by atoms with E-state index in [1.807, 2.05) is 35.9 Å². The third-order valence-corrected chi connectivity index (χ3v) is 8.15. The van der Waals surface area contributed by atoms with Gasteiger partial charge in [0.2, 0.25) is 5.13 Å². The van der Waals surface area contributed by atoms with Crippen LogP contribution in [0.25, 0.3) is 26.3 Å².